The molecule has 2 amide bonds. The fourth-order valence-corrected chi connectivity index (χ4v) is 3.17. The van der Waals surface area contributed by atoms with Crippen LogP contribution in [0.1, 0.15) is 31.6 Å². The van der Waals surface area contributed by atoms with Crippen LogP contribution in [0.25, 0.3) is 0 Å². The Bertz CT molecular complexity index is 718. The average molecular weight is 375 g/mol. The third-order valence-corrected chi connectivity index (χ3v) is 4.90. The van der Waals surface area contributed by atoms with Crippen molar-refractivity contribution in [2.45, 2.75) is 39.0 Å². The minimum absolute atomic E-state index is 0.0395. The van der Waals surface area contributed by atoms with E-state index in [9.17, 15) is 9.59 Å². The fraction of sp³-hybridized carbons (Fsp3) is 0.421. The number of nitrogens with one attached hydrogen (secondary N) is 1. The third kappa shape index (κ3) is 6.22. The van der Waals surface area contributed by atoms with E-state index >= 15 is 0 Å². The van der Waals surface area contributed by atoms with Crippen molar-refractivity contribution in [2.24, 2.45) is 0 Å². The minimum Gasteiger partial charge on any atom is -0.360 e. The molecule has 1 N–H and O–H groups in total. The molecule has 0 unspecified atom stereocenters. The molecule has 1 aromatic carbocycles. The summed E-state index contributed by atoms with van der Waals surface area (Å²) in [5.41, 5.74) is 1.10. The molecule has 0 saturated carbocycles. The number of anilines is 1. The van der Waals surface area contributed by atoms with Crippen molar-refractivity contribution in [1.29, 1.82) is 0 Å². The molecular formula is C19H25N3O3S. The molecule has 0 spiro atoms. The van der Waals surface area contributed by atoms with E-state index in [2.05, 4.69) is 10.5 Å². The zero-order valence-electron chi connectivity index (χ0n) is 15.4. The van der Waals surface area contributed by atoms with Crippen LogP contribution >= 0.6 is 11.8 Å². The van der Waals surface area contributed by atoms with E-state index in [1.165, 1.54) is 11.8 Å². The maximum Gasteiger partial charge on any atom is 0.238 e. The second kappa shape index (κ2) is 10.0. The molecule has 1 aromatic heterocycles. The number of rotatable bonds is 9. The highest BCUT2D eigenvalue weighted by Crippen LogP contribution is 2.16. The Kier molecular flexibility index (Phi) is 7.72. The van der Waals surface area contributed by atoms with Gasteiger partial charge in [0.15, 0.2) is 5.82 Å². The second-order valence-electron chi connectivity index (χ2n) is 6.07. The molecule has 0 aliphatic heterocycles. The smallest absolute Gasteiger partial charge is 0.238 e. The molecule has 2 rings (SSSR count). The predicted octanol–water partition coefficient (Wildman–Crippen LogP) is 3.48. The van der Waals surface area contributed by atoms with E-state index in [1.54, 1.807) is 19.9 Å². The van der Waals surface area contributed by atoms with Gasteiger partial charge in [-0.05, 0) is 25.8 Å². The molecule has 6 nitrogen and oxygen atoms in total. The van der Waals surface area contributed by atoms with Gasteiger partial charge in [0.1, 0.15) is 5.76 Å². The Morgan fingerprint density at radius 1 is 1.31 bits per heavy atom. The summed E-state index contributed by atoms with van der Waals surface area (Å²) in [6.07, 6.45) is 0.894. The Morgan fingerprint density at radius 2 is 2.04 bits per heavy atom. The summed E-state index contributed by atoms with van der Waals surface area (Å²) in [5, 5.41) is 6.07. The summed E-state index contributed by atoms with van der Waals surface area (Å²) in [7, 11) is 0. The molecule has 0 aliphatic carbocycles. The first-order valence-electron chi connectivity index (χ1n) is 8.67. The number of aromatic nitrogens is 1. The van der Waals surface area contributed by atoms with Crippen molar-refractivity contribution in [2.75, 3.05) is 17.6 Å². The van der Waals surface area contributed by atoms with Gasteiger partial charge in [0, 0.05) is 19.2 Å². The van der Waals surface area contributed by atoms with Crippen LogP contribution in [0, 0.1) is 6.92 Å². The summed E-state index contributed by atoms with van der Waals surface area (Å²) in [5.74, 6) is 1.13. The monoisotopic (exact) mass is 375 g/mol. The van der Waals surface area contributed by atoms with Gasteiger partial charge in [-0.2, -0.15) is 0 Å². The van der Waals surface area contributed by atoms with Crippen LogP contribution in [0.15, 0.2) is 40.9 Å². The lowest BCUT2D eigenvalue weighted by atomic mass is 10.2. The van der Waals surface area contributed by atoms with Crippen LogP contribution in [0.3, 0.4) is 0 Å². The van der Waals surface area contributed by atoms with Crippen molar-refractivity contribution < 1.29 is 14.1 Å². The van der Waals surface area contributed by atoms with Crippen molar-refractivity contribution in [1.82, 2.24) is 10.1 Å². The van der Waals surface area contributed by atoms with Crippen molar-refractivity contribution in [3.63, 3.8) is 0 Å². The van der Waals surface area contributed by atoms with Gasteiger partial charge >= 0.3 is 0 Å². The van der Waals surface area contributed by atoms with Gasteiger partial charge < -0.3 is 14.7 Å². The number of carbonyl (C=O) groups is 2. The number of carbonyl (C=O) groups excluding carboxylic acids is 2. The third-order valence-electron chi connectivity index (χ3n) is 3.77. The van der Waals surface area contributed by atoms with Crippen LogP contribution in [-0.2, 0) is 16.1 Å². The predicted molar refractivity (Wildman–Crippen MR) is 104 cm³/mol. The minimum atomic E-state index is -0.365. The zero-order valence-corrected chi connectivity index (χ0v) is 16.2. The van der Waals surface area contributed by atoms with E-state index in [4.69, 9.17) is 4.52 Å². The standard InChI is InChI=1S/C19H25N3O3S/c1-4-10-22(12-16-8-6-5-7-9-16)18(23)13-26-15(3)19(24)20-17-11-14(2)25-21-17/h5-9,11,15H,4,10,12-13H2,1-3H3,(H,20,21,24)/t15-/m0/s1. The number of nitrogens with zero attached hydrogens (tertiary/aromatic N) is 2. The number of benzene rings is 1. The normalized spacial score (nSPS) is 11.8. The molecule has 0 radical (unpaired) electrons. The maximum atomic E-state index is 12.6. The van der Waals surface area contributed by atoms with E-state index in [0.29, 0.717) is 24.7 Å². The van der Waals surface area contributed by atoms with Crippen LogP contribution in [0.5, 0.6) is 0 Å². The highest BCUT2D eigenvalue weighted by molar-refractivity contribution is 8.01. The summed E-state index contributed by atoms with van der Waals surface area (Å²) in [6.45, 7) is 6.88. The van der Waals surface area contributed by atoms with Gasteiger partial charge in [0.05, 0.1) is 11.0 Å². The van der Waals surface area contributed by atoms with Gasteiger partial charge in [-0.25, -0.2) is 0 Å². The Hall–Kier alpha value is -2.28. The molecule has 0 aliphatic rings. The number of hydrogen-bond acceptors (Lipinski definition) is 5. The van der Waals surface area contributed by atoms with Crippen LogP contribution in [0.4, 0.5) is 5.82 Å². The van der Waals surface area contributed by atoms with E-state index in [1.807, 2.05) is 42.2 Å². The lowest BCUT2D eigenvalue weighted by molar-refractivity contribution is -0.129. The molecular weight excluding hydrogens is 350 g/mol. The van der Waals surface area contributed by atoms with Crippen molar-refractivity contribution in [3.8, 4) is 0 Å². The second-order valence-corrected chi connectivity index (χ2v) is 7.40. The molecule has 26 heavy (non-hydrogen) atoms. The first kappa shape index (κ1) is 20.0. The van der Waals surface area contributed by atoms with Crippen molar-refractivity contribution >= 4 is 29.4 Å². The number of hydrogen-bond donors (Lipinski definition) is 1. The quantitative estimate of drug-likeness (QED) is 0.726. The number of aryl methyl sites for hydroxylation is 1. The topological polar surface area (TPSA) is 75.4 Å². The van der Waals surface area contributed by atoms with Gasteiger partial charge in [0.2, 0.25) is 11.8 Å². The summed E-state index contributed by atoms with van der Waals surface area (Å²) in [6, 6.07) is 11.6. The Balaban J connectivity index is 1.84. The van der Waals surface area contributed by atoms with Gasteiger partial charge in [0.25, 0.3) is 0 Å². The van der Waals surface area contributed by atoms with Crippen LogP contribution < -0.4 is 5.32 Å². The first-order valence-corrected chi connectivity index (χ1v) is 9.72. The molecule has 2 aromatic rings. The fourth-order valence-electron chi connectivity index (χ4n) is 2.38. The average Bonchev–Trinajstić information content (AvgIpc) is 3.04. The molecule has 140 valence electrons. The van der Waals surface area contributed by atoms with Gasteiger partial charge in [-0.15, -0.1) is 11.8 Å². The highest BCUT2D eigenvalue weighted by atomic mass is 32.2. The van der Waals surface area contributed by atoms with E-state index in [-0.39, 0.29) is 22.8 Å². The maximum absolute atomic E-state index is 12.6. The van der Waals surface area contributed by atoms with Crippen LogP contribution in [0.2, 0.25) is 0 Å². The molecule has 1 atom stereocenters. The number of amides is 2. The summed E-state index contributed by atoms with van der Waals surface area (Å²) in [4.78, 5) is 26.6. The lowest BCUT2D eigenvalue weighted by Gasteiger charge is -2.23. The first-order chi connectivity index (χ1) is 12.5. The molecule has 0 saturated heterocycles. The summed E-state index contributed by atoms with van der Waals surface area (Å²) >= 11 is 1.32. The van der Waals surface area contributed by atoms with E-state index in [0.717, 1.165) is 12.0 Å². The molecule has 0 bridgehead atoms. The van der Waals surface area contributed by atoms with Gasteiger partial charge in [-0.1, -0.05) is 42.4 Å². The van der Waals surface area contributed by atoms with Gasteiger partial charge in [-0.3, -0.25) is 9.59 Å². The summed E-state index contributed by atoms with van der Waals surface area (Å²) < 4.78 is 4.93. The molecule has 7 heteroatoms. The Labute approximate surface area is 158 Å². The highest BCUT2D eigenvalue weighted by Gasteiger charge is 2.19. The lowest BCUT2D eigenvalue weighted by Crippen LogP contribution is -2.34. The number of thioether (sulfide) groups is 1. The van der Waals surface area contributed by atoms with Crippen molar-refractivity contribution in [3.05, 3.63) is 47.7 Å². The molecule has 0 fully saturated rings. The largest absolute Gasteiger partial charge is 0.360 e. The molecule has 1 heterocycles. The van der Waals surface area contributed by atoms with E-state index < -0.39 is 0 Å². The van der Waals surface area contributed by atoms with Crippen LogP contribution in [-0.4, -0.2) is 39.4 Å². The SMILES string of the molecule is CCCN(Cc1ccccc1)C(=O)CS[C@@H](C)C(=O)Nc1cc(C)on1. The Morgan fingerprint density at radius 3 is 2.65 bits per heavy atom. The zero-order chi connectivity index (χ0) is 18.9.